The quantitative estimate of drug-likeness (QED) is 0.426. The summed E-state index contributed by atoms with van der Waals surface area (Å²) in [6.45, 7) is 1.11. The zero-order valence-electron chi connectivity index (χ0n) is 20.3. The fourth-order valence-corrected chi connectivity index (χ4v) is 4.83. The largest absolute Gasteiger partial charge is 0.439 e. The van der Waals surface area contributed by atoms with Crippen LogP contribution in [-0.4, -0.2) is 57.9 Å². The second-order valence-electron chi connectivity index (χ2n) is 8.69. The first-order chi connectivity index (χ1) is 18.0. The average molecular weight is 536 g/mol. The van der Waals surface area contributed by atoms with Crippen molar-refractivity contribution in [2.24, 2.45) is 4.99 Å². The predicted molar refractivity (Wildman–Crippen MR) is 145 cm³/mol. The van der Waals surface area contributed by atoms with Crippen LogP contribution in [0.5, 0.6) is 11.6 Å². The van der Waals surface area contributed by atoms with Crippen LogP contribution >= 0.6 is 23.4 Å². The highest BCUT2D eigenvalue weighted by Crippen LogP contribution is 2.25. The number of hydrogen-bond donors (Lipinski definition) is 1. The molecule has 190 valence electrons. The fourth-order valence-electron chi connectivity index (χ4n) is 4.31. The normalized spacial score (nSPS) is 17.7. The molecule has 1 unspecified atom stereocenters. The lowest BCUT2D eigenvalue weighted by atomic mass is 10.1. The number of aliphatic imine (C=N–C) groups is 1. The van der Waals surface area contributed by atoms with Gasteiger partial charge >= 0.3 is 0 Å². The number of aromatic nitrogens is 1. The number of carbonyl (C=O) groups is 2. The molecule has 0 radical (unpaired) electrons. The zero-order chi connectivity index (χ0) is 25.8. The minimum atomic E-state index is -0.590. The smallest absolute Gasteiger partial charge is 0.254 e. The van der Waals surface area contributed by atoms with E-state index in [1.807, 2.05) is 60.9 Å². The second-order valence-corrected chi connectivity index (χ2v) is 9.95. The Bertz CT molecular complexity index is 1320. The summed E-state index contributed by atoms with van der Waals surface area (Å²) in [4.78, 5) is 38.3. The zero-order valence-corrected chi connectivity index (χ0v) is 21.8. The summed E-state index contributed by atoms with van der Waals surface area (Å²) in [5.74, 6) is 1.45. The second kappa shape index (κ2) is 11.2. The van der Waals surface area contributed by atoms with Crippen molar-refractivity contribution in [1.29, 1.82) is 0 Å². The lowest BCUT2D eigenvalue weighted by Crippen LogP contribution is -2.56. The number of amides is 2. The Balaban J connectivity index is 1.34. The van der Waals surface area contributed by atoms with Gasteiger partial charge in [0.2, 0.25) is 17.7 Å². The van der Waals surface area contributed by atoms with Crippen LogP contribution in [0, 0.1) is 0 Å². The summed E-state index contributed by atoms with van der Waals surface area (Å²) >= 11 is 7.60. The monoisotopic (exact) mass is 535 g/mol. The van der Waals surface area contributed by atoms with Crippen molar-refractivity contribution in [2.75, 3.05) is 24.7 Å². The fraction of sp³-hybridized carbons (Fsp3) is 0.259. The molecule has 3 heterocycles. The van der Waals surface area contributed by atoms with E-state index in [1.165, 1.54) is 0 Å². The highest BCUT2D eigenvalue weighted by molar-refractivity contribution is 7.98. The van der Waals surface area contributed by atoms with E-state index in [0.717, 1.165) is 22.7 Å². The number of ether oxygens (including phenoxy) is 1. The van der Waals surface area contributed by atoms with Gasteiger partial charge in [-0.05, 0) is 60.7 Å². The van der Waals surface area contributed by atoms with Crippen LogP contribution in [0.3, 0.4) is 0 Å². The van der Waals surface area contributed by atoms with Gasteiger partial charge in [0.1, 0.15) is 11.8 Å². The molecular formula is C27H26ClN5O3S. The highest BCUT2D eigenvalue weighted by atomic mass is 35.5. The van der Waals surface area contributed by atoms with Gasteiger partial charge in [-0.15, -0.1) is 11.8 Å². The molecular weight excluding hydrogens is 510 g/mol. The van der Waals surface area contributed by atoms with E-state index in [2.05, 4.69) is 15.3 Å². The number of pyridine rings is 1. The van der Waals surface area contributed by atoms with Crippen LogP contribution in [-0.2, 0) is 16.1 Å². The Morgan fingerprint density at radius 2 is 1.86 bits per heavy atom. The van der Waals surface area contributed by atoms with Crippen LogP contribution in [0.4, 0.5) is 5.69 Å². The number of thioether (sulfide) groups is 1. The van der Waals surface area contributed by atoms with E-state index in [1.54, 1.807) is 33.7 Å². The van der Waals surface area contributed by atoms with E-state index < -0.39 is 6.04 Å². The van der Waals surface area contributed by atoms with Crippen molar-refractivity contribution in [3.8, 4) is 11.6 Å². The molecule has 1 N–H and O–H groups in total. The number of anilines is 1. The Kier molecular flexibility index (Phi) is 7.62. The summed E-state index contributed by atoms with van der Waals surface area (Å²) in [6.07, 6.45) is 3.20. The van der Waals surface area contributed by atoms with Gasteiger partial charge in [-0.2, -0.15) is 0 Å². The Hall–Kier alpha value is -3.56. The van der Waals surface area contributed by atoms with Crippen molar-refractivity contribution in [1.82, 2.24) is 14.8 Å². The topological polar surface area (TPSA) is 87.1 Å². The van der Waals surface area contributed by atoms with Crippen molar-refractivity contribution in [3.05, 3.63) is 77.3 Å². The standard InChI is InChI=1S/C27H26ClN5O3S/c1-37-24-5-2-4-23(31-24)36-21-13-11-20(12-14-21)30-27-29-16-22(32-15-3-6-25(32)34)26(35)33(27)17-18-7-9-19(28)10-8-18/h2,4-5,7-14,22H,3,6,15-17H2,1H3,(H,29,30). The molecule has 1 fully saturated rings. The minimum Gasteiger partial charge on any atom is -0.439 e. The van der Waals surface area contributed by atoms with E-state index >= 15 is 0 Å². The number of halogens is 1. The van der Waals surface area contributed by atoms with E-state index in [-0.39, 0.29) is 18.4 Å². The number of rotatable bonds is 7. The Labute approximate surface area is 224 Å². The first-order valence-corrected chi connectivity index (χ1v) is 13.6. The van der Waals surface area contributed by atoms with Crippen LogP contribution in [0.15, 0.2) is 76.7 Å². The molecule has 1 saturated heterocycles. The number of likely N-dealkylation sites (tertiary alicyclic amines) is 1. The molecule has 2 amide bonds. The van der Waals surface area contributed by atoms with E-state index in [4.69, 9.17) is 16.3 Å². The van der Waals surface area contributed by atoms with Gasteiger partial charge in [0.25, 0.3) is 5.91 Å². The predicted octanol–water partition coefficient (Wildman–Crippen LogP) is 5.05. The van der Waals surface area contributed by atoms with Crippen LogP contribution in [0.25, 0.3) is 0 Å². The third-order valence-electron chi connectivity index (χ3n) is 6.20. The maximum atomic E-state index is 13.6. The first-order valence-electron chi connectivity index (χ1n) is 12.0. The summed E-state index contributed by atoms with van der Waals surface area (Å²) in [5, 5.41) is 4.78. The number of carbonyl (C=O) groups excluding carboxylic acids is 2. The van der Waals surface area contributed by atoms with Gasteiger partial charge < -0.3 is 15.0 Å². The minimum absolute atomic E-state index is 0.00421. The van der Waals surface area contributed by atoms with E-state index in [0.29, 0.717) is 42.1 Å². The first kappa shape index (κ1) is 25.1. The summed E-state index contributed by atoms with van der Waals surface area (Å²) in [6, 6.07) is 19.8. The number of guanidine groups is 1. The molecule has 3 aromatic rings. The average Bonchev–Trinajstić information content (AvgIpc) is 3.34. The summed E-state index contributed by atoms with van der Waals surface area (Å²) in [5.41, 5.74) is 1.66. The molecule has 0 spiro atoms. The maximum absolute atomic E-state index is 13.6. The van der Waals surface area contributed by atoms with Gasteiger partial charge in [0, 0.05) is 29.7 Å². The molecule has 2 aliphatic heterocycles. The molecule has 0 aliphatic carbocycles. The molecule has 37 heavy (non-hydrogen) atoms. The van der Waals surface area contributed by atoms with Gasteiger partial charge in [-0.25, -0.2) is 9.98 Å². The summed E-state index contributed by atoms with van der Waals surface area (Å²) in [7, 11) is 0. The van der Waals surface area contributed by atoms with Crippen LogP contribution in [0.2, 0.25) is 5.02 Å². The molecule has 0 bridgehead atoms. The van der Waals surface area contributed by atoms with Crippen LogP contribution < -0.4 is 10.1 Å². The SMILES string of the molecule is CSc1cccc(Oc2ccc(NC3=NCC(N4CCCC4=O)C(=O)N3Cc3ccc(Cl)cc3)cc2)n1. The molecule has 1 atom stereocenters. The number of nitrogens with one attached hydrogen (secondary N) is 1. The van der Waals surface area contributed by atoms with Gasteiger partial charge in [0.05, 0.1) is 18.1 Å². The van der Waals surface area contributed by atoms with Crippen molar-refractivity contribution in [3.63, 3.8) is 0 Å². The Morgan fingerprint density at radius 3 is 2.57 bits per heavy atom. The Morgan fingerprint density at radius 1 is 1.08 bits per heavy atom. The molecule has 1 aromatic heterocycles. The molecule has 2 aliphatic rings. The van der Waals surface area contributed by atoms with Crippen molar-refractivity contribution in [2.45, 2.75) is 30.5 Å². The maximum Gasteiger partial charge on any atom is 0.254 e. The van der Waals surface area contributed by atoms with Gasteiger partial charge in [-0.3, -0.25) is 14.5 Å². The van der Waals surface area contributed by atoms with E-state index in [9.17, 15) is 9.59 Å². The molecule has 2 aromatic carbocycles. The van der Waals surface area contributed by atoms with Gasteiger partial charge in [-0.1, -0.05) is 29.8 Å². The lowest BCUT2D eigenvalue weighted by molar-refractivity contribution is -0.141. The molecule has 8 nitrogen and oxygen atoms in total. The van der Waals surface area contributed by atoms with Crippen LogP contribution in [0.1, 0.15) is 18.4 Å². The van der Waals surface area contributed by atoms with Crippen molar-refractivity contribution < 1.29 is 14.3 Å². The third-order valence-corrected chi connectivity index (χ3v) is 7.10. The number of hydrogen-bond acceptors (Lipinski definition) is 7. The molecule has 5 rings (SSSR count). The van der Waals surface area contributed by atoms with Crippen molar-refractivity contribution >= 4 is 46.8 Å². The highest BCUT2D eigenvalue weighted by Gasteiger charge is 2.39. The number of nitrogens with zero attached hydrogens (tertiary/aromatic N) is 4. The molecule has 10 heteroatoms. The molecule has 0 saturated carbocycles. The third kappa shape index (κ3) is 5.89. The van der Waals surface area contributed by atoms with Gasteiger partial charge in [0.15, 0.2) is 0 Å². The number of benzene rings is 2. The summed E-state index contributed by atoms with van der Waals surface area (Å²) < 4.78 is 5.88. The lowest BCUT2D eigenvalue weighted by Gasteiger charge is -2.36.